The first-order valence-corrected chi connectivity index (χ1v) is 9.37. The lowest BCUT2D eigenvalue weighted by atomic mass is 10.1. The Morgan fingerprint density at radius 3 is 2.54 bits per heavy atom. The number of ether oxygens (including phenoxy) is 1. The maximum Gasteiger partial charge on any atom is 0.311 e. The van der Waals surface area contributed by atoms with Gasteiger partial charge in [-0.15, -0.1) is 0 Å². The van der Waals surface area contributed by atoms with E-state index in [2.05, 4.69) is 5.32 Å². The Morgan fingerprint density at radius 1 is 1.14 bits per heavy atom. The van der Waals surface area contributed by atoms with Gasteiger partial charge in [0, 0.05) is 24.3 Å². The molecule has 1 atom stereocenters. The first kappa shape index (κ1) is 20.2. The van der Waals surface area contributed by atoms with E-state index in [4.69, 9.17) is 27.9 Å². The summed E-state index contributed by atoms with van der Waals surface area (Å²) in [4.78, 5) is 38.0. The fourth-order valence-corrected chi connectivity index (χ4v) is 3.16. The highest BCUT2D eigenvalue weighted by atomic mass is 35.5. The number of benzene rings is 2. The Bertz CT molecular complexity index is 915. The Morgan fingerprint density at radius 2 is 1.86 bits per heavy atom. The summed E-state index contributed by atoms with van der Waals surface area (Å²) in [5.74, 6) is -1.84. The molecule has 1 aliphatic heterocycles. The van der Waals surface area contributed by atoms with Crippen LogP contribution in [0.3, 0.4) is 0 Å². The number of anilines is 2. The molecular weight excluding hydrogens is 403 g/mol. The van der Waals surface area contributed by atoms with Crippen molar-refractivity contribution >= 4 is 52.4 Å². The first-order chi connectivity index (χ1) is 13.3. The van der Waals surface area contributed by atoms with E-state index in [0.717, 1.165) is 11.3 Å². The standard InChI is InChI=1S/C20H18Cl2N2O4/c1-12-2-5-15(6-3-12)24-10-13(8-19(24)26)20(27)28-11-18(25)23-14-4-7-16(21)17(22)9-14/h2-7,9,13H,8,10-11H2,1H3,(H,23,25)/t13-/m0/s1. The van der Waals surface area contributed by atoms with Crippen LogP contribution in [0, 0.1) is 12.8 Å². The fraction of sp³-hybridized carbons (Fsp3) is 0.250. The minimum absolute atomic E-state index is 0.0567. The molecule has 0 bridgehead atoms. The predicted molar refractivity (Wildman–Crippen MR) is 108 cm³/mol. The van der Waals surface area contributed by atoms with Crippen LogP contribution < -0.4 is 10.2 Å². The van der Waals surface area contributed by atoms with Gasteiger partial charge < -0.3 is 15.0 Å². The summed E-state index contributed by atoms with van der Waals surface area (Å²) in [7, 11) is 0. The average Bonchev–Trinajstić information content (AvgIpc) is 3.05. The summed E-state index contributed by atoms with van der Waals surface area (Å²) in [5.41, 5.74) is 2.26. The molecule has 2 amide bonds. The van der Waals surface area contributed by atoms with Crippen molar-refractivity contribution in [1.29, 1.82) is 0 Å². The number of halogens is 2. The topological polar surface area (TPSA) is 75.7 Å². The van der Waals surface area contributed by atoms with Crippen molar-refractivity contribution < 1.29 is 19.1 Å². The molecule has 0 aromatic heterocycles. The minimum atomic E-state index is -0.605. The van der Waals surface area contributed by atoms with Crippen LogP contribution in [-0.2, 0) is 19.1 Å². The van der Waals surface area contributed by atoms with Gasteiger partial charge in [-0.25, -0.2) is 0 Å². The lowest BCUT2D eigenvalue weighted by molar-refractivity contribution is -0.151. The molecular formula is C20H18Cl2N2O4. The van der Waals surface area contributed by atoms with Gasteiger partial charge >= 0.3 is 5.97 Å². The Balaban J connectivity index is 1.52. The van der Waals surface area contributed by atoms with E-state index in [9.17, 15) is 14.4 Å². The van der Waals surface area contributed by atoms with Gasteiger partial charge in [-0.1, -0.05) is 40.9 Å². The van der Waals surface area contributed by atoms with Gasteiger partial charge in [0.05, 0.1) is 16.0 Å². The molecule has 1 heterocycles. The number of esters is 1. The third-order valence-electron chi connectivity index (χ3n) is 4.35. The van der Waals surface area contributed by atoms with Crippen LogP contribution in [0.4, 0.5) is 11.4 Å². The molecule has 1 aliphatic rings. The number of rotatable bonds is 5. The molecule has 2 aromatic rings. The number of nitrogens with one attached hydrogen (secondary N) is 1. The normalized spacial score (nSPS) is 16.2. The third kappa shape index (κ3) is 4.82. The second kappa shape index (κ2) is 8.63. The molecule has 1 N–H and O–H groups in total. The molecule has 0 spiro atoms. The first-order valence-electron chi connectivity index (χ1n) is 8.62. The third-order valence-corrected chi connectivity index (χ3v) is 5.09. The van der Waals surface area contributed by atoms with E-state index in [0.29, 0.717) is 15.7 Å². The van der Waals surface area contributed by atoms with E-state index < -0.39 is 24.4 Å². The molecule has 146 valence electrons. The summed E-state index contributed by atoms with van der Waals surface area (Å²) < 4.78 is 5.08. The Hall–Kier alpha value is -2.57. The maximum absolute atomic E-state index is 12.3. The Labute approximate surface area is 172 Å². The summed E-state index contributed by atoms with van der Waals surface area (Å²) in [6.07, 6.45) is 0.0567. The number of carbonyl (C=O) groups excluding carboxylic acids is 3. The minimum Gasteiger partial charge on any atom is -0.455 e. The molecule has 6 nitrogen and oxygen atoms in total. The van der Waals surface area contributed by atoms with Crippen LogP contribution in [0.1, 0.15) is 12.0 Å². The summed E-state index contributed by atoms with van der Waals surface area (Å²) in [5, 5.41) is 3.24. The molecule has 0 saturated carbocycles. The van der Waals surface area contributed by atoms with Gasteiger partial charge in [0.1, 0.15) is 0 Å². The maximum atomic E-state index is 12.3. The van der Waals surface area contributed by atoms with Crippen LogP contribution in [0.15, 0.2) is 42.5 Å². The molecule has 0 unspecified atom stereocenters. The molecule has 1 fully saturated rings. The second-order valence-corrected chi connectivity index (χ2v) is 7.34. The lowest BCUT2D eigenvalue weighted by Gasteiger charge is -2.16. The van der Waals surface area contributed by atoms with E-state index in [1.807, 2.05) is 31.2 Å². The van der Waals surface area contributed by atoms with Crippen molar-refractivity contribution in [3.8, 4) is 0 Å². The highest BCUT2D eigenvalue weighted by molar-refractivity contribution is 6.42. The number of carbonyl (C=O) groups is 3. The van der Waals surface area contributed by atoms with E-state index in [1.54, 1.807) is 17.0 Å². The van der Waals surface area contributed by atoms with Crippen molar-refractivity contribution in [2.24, 2.45) is 5.92 Å². The van der Waals surface area contributed by atoms with E-state index >= 15 is 0 Å². The monoisotopic (exact) mass is 420 g/mol. The highest BCUT2D eigenvalue weighted by Crippen LogP contribution is 2.27. The van der Waals surface area contributed by atoms with Crippen LogP contribution in [-0.4, -0.2) is 30.9 Å². The highest BCUT2D eigenvalue weighted by Gasteiger charge is 2.36. The zero-order valence-electron chi connectivity index (χ0n) is 15.1. The van der Waals surface area contributed by atoms with Crippen LogP contribution in [0.2, 0.25) is 10.0 Å². The van der Waals surface area contributed by atoms with Gasteiger partial charge in [-0.3, -0.25) is 14.4 Å². The van der Waals surface area contributed by atoms with Gasteiger partial charge in [0.15, 0.2) is 6.61 Å². The number of hydrogen-bond donors (Lipinski definition) is 1. The van der Waals surface area contributed by atoms with Gasteiger partial charge in [-0.05, 0) is 37.3 Å². The quantitative estimate of drug-likeness (QED) is 0.745. The van der Waals surface area contributed by atoms with Crippen molar-refractivity contribution in [2.75, 3.05) is 23.4 Å². The zero-order chi connectivity index (χ0) is 20.3. The van der Waals surface area contributed by atoms with Gasteiger partial charge in [0.2, 0.25) is 5.91 Å². The molecule has 1 saturated heterocycles. The Kier molecular flexibility index (Phi) is 6.21. The number of hydrogen-bond acceptors (Lipinski definition) is 4. The number of aryl methyl sites for hydroxylation is 1. The van der Waals surface area contributed by atoms with Crippen molar-refractivity contribution in [3.63, 3.8) is 0 Å². The van der Waals surface area contributed by atoms with Gasteiger partial charge in [-0.2, -0.15) is 0 Å². The SMILES string of the molecule is Cc1ccc(N2C[C@@H](C(=O)OCC(=O)Nc3ccc(Cl)c(Cl)c3)CC2=O)cc1. The van der Waals surface area contributed by atoms with Crippen LogP contribution in [0.25, 0.3) is 0 Å². The van der Waals surface area contributed by atoms with Gasteiger partial charge in [0.25, 0.3) is 5.91 Å². The summed E-state index contributed by atoms with van der Waals surface area (Å²) in [6, 6.07) is 12.1. The van der Waals surface area contributed by atoms with Crippen LogP contribution >= 0.6 is 23.2 Å². The lowest BCUT2D eigenvalue weighted by Crippen LogP contribution is -2.28. The van der Waals surface area contributed by atoms with E-state index in [1.165, 1.54) is 6.07 Å². The molecule has 3 rings (SSSR count). The zero-order valence-corrected chi connectivity index (χ0v) is 16.6. The predicted octanol–water partition coefficient (Wildman–Crippen LogP) is 3.84. The molecule has 8 heteroatoms. The van der Waals surface area contributed by atoms with Crippen molar-refractivity contribution in [2.45, 2.75) is 13.3 Å². The smallest absolute Gasteiger partial charge is 0.311 e. The number of amides is 2. The molecule has 28 heavy (non-hydrogen) atoms. The van der Waals surface area contributed by atoms with E-state index in [-0.39, 0.29) is 18.9 Å². The average molecular weight is 421 g/mol. The summed E-state index contributed by atoms with van der Waals surface area (Å²) >= 11 is 11.7. The van der Waals surface area contributed by atoms with Crippen LogP contribution in [0.5, 0.6) is 0 Å². The second-order valence-electron chi connectivity index (χ2n) is 6.53. The molecule has 0 radical (unpaired) electrons. The molecule has 0 aliphatic carbocycles. The fourth-order valence-electron chi connectivity index (χ4n) is 2.87. The van der Waals surface area contributed by atoms with Crippen molar-refractivity contribution in [3.05, 3.63) is 58.1 Å². The van der Waals surface area contributed by atoms with Crippen molar-refractivity contribution in [1.82, 2.24) is 0 Å². The molecule has 2 aromatic carbocycles. The number of nitrogens with zero attached hydrogens (tertiary/aromatic N) is 1. The largest absolute Gasteiger partial charge is 0.455 e. The summed E-state index contributed by atoms with van der Waals surface area (Å²) in [6.45, 7) is 1.74.